The smallest absolute Gasteiger partial charge is 0.163 e. The Labute approximate surface area is 142 Å². The number of nitrogens with zero attached hydrogens (tertiary/aromatic N) is 5. The molecule has 0 bridgehead atoms. The molecule has 126 valence electrons. The predicted molar refractivity (Wildman–Crippen MR) is 93.1 cm³/mol. The summed E-state index contributed by atoms with van der Waals surface area (Å²) in [6.45, 7) is 7.80. The maximum absolute atomic E-state index is 5.97. The van der Waals surface area contributed by atoms with Crippen molar-refractivity contribution in [2.45, 2.75) is 26.0 Å². The van der Waals surface area contributed by atoms with E-state index in [0.29, 0.717) is 6.04 Å². The molecule has 0 amide bonds. The van der Waals surface area contributed by atoms with Gasteiger partial charge in [-0.2, -0.15) is 0 Å². The van der Waals surface area contributed by atoms with Crippen molar-refractivity contribution in [2.24, 2.45) is 0 Å². The monoisotopic (exact) mass is 325 g/mol. The number of aryl methyl sites for hydroxylation is 1. The number of anilines is 1. The summed E-state index contributed by atoms with van der Waals surface area (Å²) in [4.78, 5) is 18.5. The summed E-state index contributed by atoms with van der Waals surface area (Å²) in [5.74, 6) is 1.76. The van der Waals surface area contributed by atoms with Gasteiger partial charge in [0.1, 0.15) is 5.82 Å². The predicted octanol–water partition coefficient (Wildman–Crippen LogP) is 1.67. The zero-order valence-corrected chi connectivity index (χ0v) is 14.4. The summed E-state index contributed by atoms with van der Waals surface area (Å²) >= 11 is 0. The number of likely N-dealkylation sites (N-methyl/N-ethyl adjacent to an activating group) is 1. The third kappa shape index (κ3) is 2.65. The van der Waals surface area contributed by atoms with Gasteiger partial charge in [0.15, 0.2) is 5.82 Å². The van der Waals surface area contributed by atoms with Gasteiger partial charge in [-0.15, -0.1) is 0 Å². The molecule has 2 aromatic heterocycles. The fraction of sp³-hybridized carbons (Fsp3) is 0.500. The van der Waals surface area contributed by atoms with Gasteiger partial charge in [0, 0.05) is 48.8 Å². The van der Waals surface area contributed by atoms with Crippen LogP contribution in [0.5, 0.6) is 0 Å². The van der Waals surface area contributed by atoms with E-state index in [2.05, 4.69) is 33.7 Å². The van der Waals surface area contributed by atoms with Gasteiger partial charge in [-0.25, -0.2) is 9.97 Å². The number of fused-ring (bicyclic) bond motifs is 1. The first-order valence-electron chi connectivity index (χ1n) is 8.46. The van der Waals surface area contributed by atoms with Crippen molar-refractivity contribution in [3.63, 3.8) is 0 Å². The molecule has 6 nitrogen and oxygen atoms in total. The number of pyridine rings is 1. The van der Waals surface area contributed by atoms with Crippen LogP contribution in [0.2, 0.25) is 0 Å². The van der Waals surface area contributed by atoms with Crippen molar-refractivity contribution in [1.29, 1.82) is 0 Å². The Hall–Kier alpha value is -2.05. The molecule has 2 aliphatic rings. The zero-order valence-electron chi connectivity index (χ0n) is 14.4. The normalized spacial score (nSPS) is 24.2. The van der Waals surface area contributed by atoms with Crippen LogP contribution in [0.3, 0.4) is 0 Å². The van der Waals surface area contributed by atoms with E-state index in [9.17, 15) is 0 Å². The molecule has 2 aliphatic heterocycles. The molecule has 4 rings (SSSR count). The van der Waals surface area contributed by atoms with Gasteiger partial charge in [-0.3, -0.25) is 9.88 Å². The van der Waals surface area contributed by atoms with E-state index in [1.54, 1.807) is 6.20 Å². The Morgan fingerprint density at radius 2 is 2.08 bits per heavy atom. The van der Waals surface area contributed by atoms with E-state index in [1.807, 2.05) is 25.3 Å². The molecule has 0 saturated carbocycles. The number of rotatable bonds is 2. The highest BCUT2D eigenvalue weighted by Gasteiger charge is 2.39. The summed E-state index contributed by atoms with van der Waals surface area (Å²) in [7, 11) is 2.18. The molecular weight excluding hydrogens is 302 g/mol. The average Bonchev–Trinajstić information content (AvgIpc) is 3.03. The highest BCUT2D eigenvalue weighted by molar-refractivity contribution is 5.60. The minimum atomic E-state index is 0.264. The molecule has 4 heterocycles. The van der Waals surface area contributed by atoms with E-state index >= 15 is 0 Å². The molecule has 2 atom stereocenters. The van der Waals surface area contributed by atoms with Crippen LogP contribution < -0.4 is 4.90 Å². The van der Waals surface area contributed by atoms with E-state index < -0.39 is 0 Å². The molecule has 24 heavy (non-hydrogen) atoms. The van der Waals surface area contributed by atoms with Crippen molar-refractivity contribution in [3.8, 4) is 11.4 Å². The molecule has 2 aromatic rings. The summed E-state index contributed by atoms with van der Waals surface area (Å²) in [6.07, 6.45) is 3.85. The number of aromatic nitrogens is 3. The van der Waals surface area contributed by atoms with Crippen LogP contribution in [0.1, 0.15) is 11.3 Å². The Bertz CT molecular complexity index is 736. The first-order chi connectivity index (χ1) is 11.6. The molecule has 6 heteroatoms. The SMILES string of the molecule is Cc1nc(-c2cccnc2)nc(N2CC3OCCN(C)C3C2)c1C. The molecule has 0 N–H and O–H groups in total. The number of morpholine rings is 1. The van der Waals surface area contributed by atoms with Crippen molar-refractivity contribution < 1.29 is 4.74 Å². The van der Waals surface area contributed by atoms with Crippen LogP contribution >= 0.6 is 0 Å². The van der Waals surface area contributed by atoms with Crippen molar-refractivity contribution in [2.75, 3.05) is 38.2 Å². The van der Waals surface area contributed by atoms with E-state index in [0.717, 1.165) is 54.7 Å². The zero-order chi connectivity index (χ0) is 16.7. The quantitative estimate of drug-likeness (QED) is 0.837. The first kappa shape index (κ1) is 15.5. The molecular formula is C18H23N5O. The number of ether oxygens (including phenoxy) is 1. The number of hydrogen-bond donors (Lipinski definition) is 0. The third-order valence-corrected chi connectivity index (χ3v) is 5.16. The van der Waals surface area contributed by atoms with Crippen molar-refractivity contribution in [1.82, 2.24) is 19.9 Å². The minimum Gasteiger partial charge on any atom is -0.373 e. The molecule has 2 saturated heterocycles. The summed E-state index contributed by atoms with van der Waals surface area (Å²) < 4.78 is 5.97. The summed E-state index contributed by atoms with van der Waals surface area (Å²) in [5, 5.41) is 0. The Morgan fingerprint density at radius 1 is 1.21 bits per heavy atom. The van der Waals surface area contributed by atoms with Crippen LogP contribution in [0.4, 0.5) is 5.82 Å². The fourth-order valence-electron chi connectivity index (χ4n) is 3.58. The largest absolute Gasteiger partial charge is 0.373 e. The standard InChI is InChI=1S/C18H23N5O/c1-12-13(2)20-17(14-5-4-6-19-9-14)21-18(12)23-10-15-16(11-23)24-8-7-22(15)3/h4-6,9,15-16H,7-8,10-11H2,1-3H3. The van der Waals surface area contributed by atoms with Crippen LogP contribution in [0.15, 0.2) is 24.5 Å². The van der Waals surface area contributed by atoms with Gasteiger partial charge in [0.25, 0.3) is 0 Å². The second kappa shape index (κ2) is 6.11. The second-order valence-corrected chi connectivity index (χ2v) is 6.69. The van der Waals surface area contributed by atoms with Crippen molar-refractivity contribution >= 4 is 5.82 Å². The van der Waals surface area contributed by atoms with Gasteiger partial charge in [-0.05, 0) is 33.0 Å². The van der Waals surface area contributed by atoms with Crippen LogP contribution in [0.25, 0.3) is 11.4 Å². The van der Waals surface area contributed by atoms with Gasteiger partial charge in [0.05, 0.1) is 18.8 Å². The lowest BCUT2D eigenvalue weighted by Gasteiger charge is -2.33. The lowest BCUT2D eigenvalue weighted by Crippen LogP contribution is -2.48. The molecule has 0 radical (unpaired) electrons. The van der Waals surface area contributed by atoms with Gasteiger partial charge >= 0.3 is 0 Å². The molecule has 2 unspecified atom stereocenters. The Kier molecular flexibility index (Phi) is 3.94. The van der Waals surface area contributed by atoms with Gasteiger partial charge in [-0.1, -0.05) is 0 Å². The molecule has 0 aromatic carbocycles. The summed E-state index contributed by atoms with van der Waals surface area (Å²) in [6, 6.07) is 4.36. The van der Waals surface area contributed by atoms with Crippen molar-refractivity contribution in [3.05, 3.63) is 35.8 Å². The van der Waals surface area contributed by atoms with Crippen LogP contribution in [0, 0.1) is 13.8 Å². The topological polar surface area (TPSA) is 54.4 Å². The van der Waals surface area contributed by atoms with E-state index in [1.165, 1.54) is 0 Å². The third-order valence-electron chi connectivity index (χ3n) is 5.16. The van der Waals surface area contributed by atoms with Gasteiger partial charge < -0.3 is 9.64 Å². The number of hydrogen-bond acceptors (Lipinski definition) is 6. The summed E-state index contributed by atoms with van der Waals surface area (Å²) in [5.41, 5.74) is 3.11. The van der Waals surface area contributed by atoms with Gasteiger partial charge in [0.2, 0.25) is 0 Å². The average molecular weight is 325 g/mol. The first-order valence-corrected chi connectivity index (χ1v) is 8.46. The van der Waals surface area contributed by atoms with E-state index in [4.69, 9.17) is 9.72 Å². The highest BCUT2D eigenvalue weighted by atomic mass is 16.5. The second-order valence-electron chi connectivity index (χ2n) is 6.69. The maximum Gasteiger partial charge on any atom is 0.163 e. The fourth-order valence-corrected chi connectivity index (χ4v) is 3.58. The minimum absolute atomic E-state index is 0.264. The maximum atomic E-state index is 5.97. The van der Waals surface area contributed by atoms with Crippen LogP contribution in [-0.4, -0.2) is 65.3 Å². The Balaban J connectivity index is 1.69. The molecule has 0 spiro atoms. The lowest BCUT2D eigenvalue weighted by molar-refractivity contribution is -0.0362. The van der Waals surface area contributed by atoms with E-state index in [-0.39, 0.29) is 6.10 Å². The Morgan fingerprint density at radius 3 is 2.83 bits per heavy atom. The molecule has 2 fully saturated rings. The highest BCUT2D eigenvalue weighted by Crippen LogP contribution is 2.30. The van der Waals surface area contributed by atoms with Crippen LogP contribution in [-0.2, 0) is 4.74 Å². The lowest BCUT2D eigenvalue weighted by atomic mass is 10.1. The molecule has 0 aliphatic carbocycles.